The van der Waals surface area contributed by atoms with E-state index in [1.54, 1.807) is 7.11 Å². The van der Waals surface area contributed by atoms with Crippen molar-refractivity contribution in [3.8, 4) is 6.07 Å². The van der Waals surface area contributed by atoms with Gasteiger partial charge in [0.1, 0.15) is 0 Å². The number of rotatable bonds is 9. The first-order chi connectivity index (χ1) is 6.85. The molecule has 2 heteroatoms. The van der Waals surface area contributed by atoms with Crippen molar-refractivity contribution in [2.45, 2.75) is 64.4 Å². The zero-order chi connectivity index (χ0) is 10.6. The standard InChI is InChI=1S/C12H23NO/c1-3-4-5-6-9-12(14-2)10-7-8-11-13/h12H,3-10H2,1-2H3. The van der Waals surface area contributed by atoms with Gasteiger partial charge in [0.2, 0.25) is 0 Å². The molecular formula is C12H23NO. The quantitative estimate of drug-likeness (QED) is 0.528. The van der Waals surface area contributed by atoms with Gasteiger partial charge >= 0.3 is 0 Å². The van der Waals surface area contributed by atoms with Gasteiger partial charge in [0, 0.05) is 13.5 Å². The molecular weight excluding hydrogens is 174 g/mol. The molecule has 0 aliphatic heterocycles. The zero-order valence-corrected chi connectivity index (χ0v) is 9.59. The second-order valence-electron chi connectivity index (χ2n) is 3.76. The molecule has 0 rings (SSSR count). The minimum absolute atomic E-state index is 0.375. The first-order valence-electron chi connectivity index (χ1n) is 5.74. The number of hydrogen-bond acceptors (Lipinski definition) is 2. The van der Waals surface area contributed by atoms with Crippen molar-refractivity contribution in [3.05, 3.63) is 0 Å². The molecule has 0 aromatic heterocycles. The minimum atomic E-state index is 0.375. The van der Waals surface area contributed by atoms with Gasteiger partial charge < -0.3 is 4.74 Å². The Morgan fingerprint density at radius 2 is 1.86 bits per heavy atom. The Labute approximate surface area is 88.3 Å². The summed E-state index contributed by atoms with van der Waals surface area (Å²) in [6, 6.07) is 2.17. The molecule has 0 saturated heterocycles. The second kappa shape index (κ2) is 10.5. The van der Waals surface area contributed by atoms with Gasteiger partial charge in [-0.05, 0) is 19.3 Å². The van der Waals surface area contributed by atoms with Crippen LogP contribution >= 0.6 is 0 Å². The van der Waals surface area contributed by atoms with Gasteiger partial charge in [-0.25, -0.2) is 0 Å². The molecule has 0 aromatic rings. The molecule has 1 unspecified atom stereocenters. The van der Waals surface area contributed by atoms with Crippen LogP contribution < -0.4 is 0 Å². The molecule has 0 aliphatic carbocycles. The van der Waals surface area contributed by atoms with Crippen LogP contribution in [-0.2, 0) is 4.74 Å². The molecule has 0 aliphatic rings. The molecule has 0 aromatic carbocycles. The van der Waals surface area contributed by atoms with E-state index < -0.39 is 0 Å². The Balaban J connectivity index is 3.34. The predicted molar refractivity (Wildman–Crippen MR) is 59.0 cm³/mol. The van der Waals surface area contributed by atoms with E-state index in [2.05, 4.69) is 13.0 Å². The fourth-order valence-corrected chi connectivity index (χ4v) is 1.59. The van der Waals surface area contributed by atoms with E-state index >= 15 is 0 Å². The van der Waals surface area contributed by atoms with Crippen LogP contribution in [-0.4, -0.2) is 13.2 Å². The molecule has 0 spiro atoms. The van der Waals surface area contributed by atoms with Crippen LogP contribution in [0.5, 0.6) is 0 Å². The predicted octanol–water partition coefficient (Wildman–Crippen LogP) is 3.67. The Morgan fingerprint density at radius 3 is 2.43 bits per heavy atom. The molecule has 2 nitrogen and oxygen atoms in total. The summed E-state index contributed by atoms with van der Waals surface area (Å²) in [7, 11) is 1.77. The summed E-state index contributed by atoms with van der Waals surface area (Å²) in [5.41, 5.74) is 0. The van der Waals surface area contributed by atoms with Crippen molar-refractivity contribution < 1.29 is 4.74 Å². The summed E-state index contributed by atoms with van der Waals surface area (Å²) in [6.45, 7) is 2.22. The van der Waals surface area contributed by atoms with Crippen molar-refractivity contribution in [1.82, 2.24) is 0 Å². The van der Waals surface area contributed by atoms with Crippen LogP contribution in [0.15, 0.2) is 0 Å². The van der Waals surface area contributed by atoms with E-state index in [9.17, 15) is 0 Å². The molecule has 14 heavy (non-hydrogen) atoms. The Kier molecular flexibility index (Phi) is 10.1. The summed E-state index contributed by atoms with van der Waals surface area (Å²) in [4.78, 5) is 0. The topological polar surface area (TPSA) is 33.0 Å². The maximum absolute atomic E-state index is 8.41. The van der Waals surface area contributed by atoms with Gasteiger partial charge in [-0.1, -0.05) is 32.6 Å². The smallest absolute Gasteiger partial charge is 0.0621 e. The van der Waals surface area contributed by atoms with Gasteiger partial charge in [-0.3, -0.25) is 0 Å². The lowest BCUT2D eigenvalue weighted by Gasteiger charge is -2.13. The average Bonchev–Trinajstić information content (AvgIpc) is 2.22. The van der Waals surface area contributed by atoms with Crippen LogP contribution in [0.1, 0.15) is 58.3 Å². The van der Waals surface area contributed by atoms with Crippen molar-refractivity contribution >= 4 is 0 Å². The third kappa shape index (κ3) is 8.07. The monoisotopic (exact) mass is 197 g/mol. The highest BCUT2D eigenvalue weighted by Gasteiger charge is 2.05. The normalized spacial score (nSPS) is 12.4. The average molecular weight is 197 g/mol. The largest absolute Gasteiger partial charge is 0.381 e. The number of ether oxygens (including phenoxy) is 1. The molecule has 0 fully saturated rings. The van der Waals surface area contributed by atoms with Crippen LogP contribution in [0.4, 0.5) is 0 Å². The van der Waals surface area contributed by atoms with Crippen molar-refractivity contribution in [1.29, 1.82) is 5.26 Å². The Bertz CT molecular complexity index is 151. The maximum Gasteiger partial charge on any atom is 0.0621 e. The van der Waals surface area contributed by atoms with Gasteiger partial charge in [0.15, 0.2) is 0 Å². The van der Waals surface area contributed by atoms with Gasteiger partial charge in [0.05, 0.1) is 12.2 Å². The number of hydrogen-bond donors (Lipinski definition) is 0. The van der Waals surface area contributed by atoms with Crippen molar-refractivity contribution in [3.63, 3.8) is 0 Å². The van der Waals surface area contributed by atoms with Crippen LogP contribution in [0.3, 0.4) is 0 Å². The third-order valence-electron chi connectivity index (χ3n) is 2.53. The van der Waals surface area contributed by atoms with E-state index in [1.807, 2.05) is 0 Å². The highest BCUT2D eigenvalue weighted by Crippen LogP contribution is 2.12. The summed E-state index contributed by atoms with van der Waals surface area (Å²) in [5, 5.41) is 8.41. The maximum atomic E-state index is 8.41. The highest BCUT2D eigenvalue weighted by molar-refractivity contribution is 4.70. The van der Waals surface area contributed by atoms with Crippen molar-refractivity contribution in [2.24, 2.45) is 0 Å². The summed E-state index contributed by atoms with van der Waals surface area (Å²) in [6.07, 6.45) is 9.39. The van der Waals surface area contributed by atoms with E-state index in [4.69, 9.17) is 10.00 Å². The SMILES string of the molecule is CCCCCCC(CCCC#N)OC. The third-order valence-corrected chi connectivity index (χ3v) is 2.53. The highest BCUT2D eigenvalue weighted by atomic mass is 16.5. The van der Waals surface area contributed by atoms with Gasteiger partial charge in [-0.15, -0.1) is 0 Å². The van der Waals surface area contributed by atoms with E-state index in [-0.39, 0.29) is 0 Å². The minimum Gasteiger partial charge on any atom is -0.381 e. The zero-order valence-electron chi connectivity index (χ0n) is 9.59. The molecule has 0 bridgehead atoms. The fraction of sp³-hybridized carbons (Fsp3) is 0.917. The number of unbranched alkanes of at least 4 members (excludes halogenated alkanes) is 4. The van der Waals surface area contributed by atoms with Gasteiger partial charge in [-0.2, -0.15) is 5.26 Å². The van der Waals surface area contributed by atoms with Crippen LogP contribution in [0.2, 0.25) is 0 Å². The lowest BCUT2D eigenvalue weighted by molar-refractivity contribution is 0.0842. The van der Waals surface area contributed by atoms with E-state index in [1.165, 1.54) is 25.7 Å². The Morgan fingerprint density at radius 1 is 1.14 bits per heavy atom. The summed E-state index contributed by atoms with van der Waals surface area (Å²) in [5.74, 6) is 0. The number of nitrogens with zero attached hydrogens (tertiary/aromatic N) is 1. The first kappa shape index (κ1) is 13.4. The lowest BCUT2D eigenvalue weighted by Crippen LogP contribution is -2.10. The number of methoxy groups -OCH3 is 1. The molecule has 0 radical (unpaired) electrons. The van der Waals surface area contributed by atoms with Crippen LogP contribution in [0.25, 0.3) is 0 Å². The molecule has 0 heterocycles. The number of nitriles is 1. The molecule has 0 amide bonds. The lowest BCUT2D eigenvalue weighted by atomic mass is 10.0. The fourth-order valence-electron chi connectivity index (χ4n) is 1.59. The Hall–Kier alpha value is -0.550. The molecule has 1 atom stereocenters. The molecule has 82 valence electrons. The molecule has 0 N–H and O–H groups in total. The summed E-state index contributed by atoms with van der Waals surface area (Å²) >= 11 is 0. The van der Waals surface area contributed by atoms with Crippen molar-refractivity contribution in [2.75, 3.05) is 7.11 Å². The second-order valence-corrected chi connectivity index (χ2v) is 3.76. The van der Waals surface area contributed by atoms with E-state index in [0.717, 1.165) is 19.3 Å². The van der Waals surface area contributed by atoms with Crippen LogP contribution in [0, 0.1) is 11.3 Å². The van der Waals surface area contributed by atoms with E-state index in [0.29, 0.717) is 12.5 Å². The molecule has 0 saturated carbocycles. The summed E-state index contributed by atoms with van der Waals surface area (Å²) < 4.78 is 5.37. The van der Waals surface area contributed by atoms with Gasteiger partial charge in [0.25, 0.3) is 0 Å². The first-order valence-corrected chi connectivity index (χ1v) is 5.74.